The molecule has 2 rings (SSSR count). The maximum absolute atomic E-state index is 3.54. The fourth-order valence-electron chi connectivity index (χ4n) is 2.78. The molecule has 2 heterocycles. The van der Waals surface area contributed by atoms with Gasteiger partial charge in [-0.1, -0.05) is 0 Å². The molecule has 2 fully saturated rings. The van der Waals surface area contributed by atoms with E-state index < -0.39 is 0 Å². The van der Waals surface area contributed by atoms with Crippen LogP contribution in [0.1, 0.15) is 20.3 Å². The number of piperazine rings is 1. The van der Waals surface area contributed by atoms with Crippen molar-refractivity contribution in [3.05, 3.63) is 0 Å². The fourth-order valence-corrected chi connectivity index (χ4v) is 2.78. The second-order valence-corrected chi connectivity index (χ2v) is 5.38. The van der Waals surface area contributed by atoms with E-state index in [9.17, 15) is 0 Å². The molecule has 0 aromatic rings. The van der Waals surface area contributed by atoms with Crippen LogP contribution in [0.25, 0.3) is 0 Å². The van der Waals surface area contributed by atoms with Gasteiger partial charge in [0, 0.05) is 38.3 Å². The van der Waals surface area contributed by atoms with Crippen molar-refractivity contribution in [1.82, 2.24) is 15.1 Å². The quantitative estimate of drug-likeness (QED) is 0.722. The van der Waals surface area contributed by atoms with Crippen molar-refractivity contribution in [3.63, 3.8) is 0 Å². The molecule has 2 saturated heterocycles. The Labute approximate surface area is 93.8 Å². The second kappa shape index (κ2) is 4.81. The highest BCUT2D eigenvalue weighted by molar-refractivity contribution is 4.85. The average molecular weight is 211 g/mol. The first kappa shape index (κ1) is 11.4. The van der Waals surface area contributed by atoms with Crippen molar-refractivity contribution in [1.29, 1.82) is 0 Å². The van der Waals surface area contributed by atoms with Crippen molar-refractivity contribution in [2.75, 3.05) is 39.8 Å². The van der Waals surface area contributed by atoms with E-state index in [4.69, 9.17) is 0 Å². The normalized spacial score (nSPS) is 39.8. The average Bonchev–Trinajstić information content (AvgIpc) is 2.59. The zero-order valence-electron chi connectivity index (χ0n) is 10.4. The van der Waals surface area contributed by atoms with Crippen LogP contribution in [-0.2, 0) is 0 Å². The molecule has 0 aromatic carbocycles. The summed E-state index contributed by atoms with van der Waals surface area (Å²) in [6.45, 7) is 10.9. The van der Waals surface area contributed by atoms with Crippen LogP contribution in [0.15, 0.2) is 0 Å². The van der Waals surface area contributed by atoms with Crippen molar-refractivity contribution >= 4 is 0 Å². The Balaban J connectivity index is 1.80. The zero-order chi connectivity index (χ0) is 10.8. The van der Waals surface area contributed by atoms with Gasteiger partial charge < -0.3 is 15.1 Å². The molecule has 0 aliphatic carbocycles. The van der Waals surface area contributed by atoms with Crippen molar-refractivity contribution in [3.8, 4) is 0 Å². The number of nitrogens with zero attached hydrogens (tertiary/aromatic N) is 2. The Morgan fingerprint density at radius 3 is 2.67 bits per heavy atom. The largest absolute Gasteiger partial charge is 0.314 e. The van der Waals surface area contributed by atoms with Crippen molar-refractivity contribution < 1.29 is 0 Å². The van der Waals surface area contributed by atoms with Gasteiger partial charge in [0.05, 0.1) is 0 Å². The summed E-state index contributed by atoms with van der Waals surface area (Å²) in [5, 5.41) is 3.54. The Morgan fingerprint density at radius 2 is 2.07 bits per heavy atom. The summed E-state index contributed by atoms with van der Waals surface area (Å²) in [4.78, 5) is 5.12. The van der Waals surface area contributed by atoms with E-state index in [-0.39, 0.29) is 0 Å². The maximum Gasteiger partial charge on any atom is 0.0192 e. The lowest BCUT2D eigenvalue weighted by Crippen LogP contribution is -2.51. The molecule has 88 valence electrons. The summed E-state index contributed by atoms with van der Waals surface area (Å²) in [6, 6.07) is 1.45. The topological polar surface area (TPSA) is 18.5 Å². The molecule has 0 saturated carbocycles. The Kier molecular flexibility index (Phi) is 3.65. The third kappa shape index (κ3) is 2.71. The van der Waals surface area contributed by atoms with Gasteiger partial charge in [-0.15, -0.1) is 0 Å². The second-order valence-electron chi connectivity index (χ2n) is 5.38. The number of likely N-dealkylation sites (N-methyl/N-ethyl adjacent to an activating group) is 1. The van der Waals surface area contributed by atoms with Gasteiger partial charge in [0.2, 0.25) is 0 Å². The molecule has 3 heteroatoms. The lowest BCUT2D eigenvalue weighted by Gasteiger charge is -2.39. The van der Waals surface area contributed by atoms with Crippen LogP contribution in [0.4, 0.5) is 0 Å². The van der Waals surface area contributed by atoms with Crippen LogP contribution >= 0.6 is 0 Å². The Morgan fingerprint density at radius 1 is 1.27 bits per heavy atom. The van der Waals surface area contributed by atoms with Gasteiger partial charge in [0.25, 0.3) is 0 Å². The first-order valence-corrected chi connectivity index (χ1v) is 6.33. The molecule has 2 aliphatic heterocycles. The fraction of sp³-hybridized carbons (Fsp3) is 1.00. The predicted molar refractivity (Wildman–Crippen MR) is 64.1 cm³/mol. The molecule has 2 aliphatic rings. The van der Waals surface area contributed by atoms with E-state index in [0.717, 1.165) is 18.0 Å². The van der Waals surface area contributed by atoms with Crippen LogP contribution < -0.4 is 5.32 Å². The minimum Gasteiger partial charge on any atom is -0.314 e. The molecule has 1 N–H and O–H groups in total. The molecule has 3 unspecified atom stereocenters. The van der Waals surface area contributed by atoms with Gasteiger partial charge in [-0.25, -0.2) is 0 Å². The lowest BCUT2D eigenvalue weighted by molar-refractivity contribution is 0.0910. The van der Waals surface area contributed by atoms with Gasteiger partial charge in [0.1, 0.15) is 0 Å². The first-order valence-electron chi connectivity index (χ1n) is 6.33. The number of hydrogen-bond donors (Lipinski definition) is 1. The zero-order valence-corrected chi connectivity index (χ0v) is 10.4. The first-order chi connectivity index (χ1) is 7.16. The van der Waals surface area contributed by atoms with Crippen molar-refractivity contribution in [2.24, 2.45) is 5.92 Å². The van der Waals surface area contributed by atoms with E-state index in [1.54, 1.807) is 0 Å². The van der Waals surface area contributed by atoms with E-state index in [1.807, 2.05) is 0 Å². The van der Waals surface area contributed by atoms with E-state index in [2.05, 4.69) is 36.0 Å². The Hall–Kier alpha value is -0.120. The third-order valence-electron chi connectivity index (χ3n) is 4.23. The summed E-state index contributed by atoms with van der Waals surface area (Å²) in [5.41, 5.74) is 0. The lowest BCUT2D eigenvalue weighted by atomic mass is 10.0. The molecule has 0 radical (unpaired) electrons. The third-order valence-corrected chi connectivity index (χ3v) is 4.23. The monoisotopic (exact) mass is 211 g/mol. The Bertz CT molecular complexity index is 207. The summed E-state index contributed by atoms with van der Waals surface area (Å²) < 4.78 is 0. The van der Waals surface area contributed by atoms with Crippen LogP contribution in [0, 0.1) is 5.92 Å². The number of nitrogens with one attached hydrogen (secondary N) is 1. The summed E-state index contributed by atoms with van der Waals surface area (Å²) in [6.07, 6.45) is 1.36. The van der Waals surface area contributed by atoms with Crippen LogP contribution in [0.3, 0.4) is 0 Å². The molecular formula is C12H25N3. The standard InChI is InChI=1S/C12H25N3/c1-10-8-15(7-6-14(10)3)9-12-4-5-13-11(12)2/h10-13H,4-9H2,1-3H3. The van der Waals surface area contributed by atoms with Crippen LogP contribution in [-0.4, -0.2) is 61.7 Å². The molecule has 3 nitrogen and oxygen atoms in total. The summed E-state index contributed by atoms with van der Waals surface area (Å²) in [7, 11) is 2.24. The molecular weight excluding hydrogens is 186 g/mol. The maximum atomic E-state index is 3.54. The van der Waals surface area contributed by atoms with E-state index in [0.29, 0.717) is 0 Å². The summed E-state index contributed by atoms with van der Waals surface area (Å²) in [5.74, 6) is 0.876. The molecule has 15 heavy (non-hydrogen) atoms. The minimum absolute atomic E-state index is 0.722. The van der Waals surface area contributed by atoms with Gasteiger partial charge in [0.15, 0.2) is 0 Å². The molecule has 0 bridgehead atoms. The van der Waals surface area contributed by atoms with Gasteiger partial charge in [-0.2, -0.15) is 0 Å². The highest BCUT2D eigenvalue weighted by Gasteiger charge is 2.27. The van der Waals surface area contributed by atoms with Gasteiger partial charge >= 0.3 is 0 Å². The van der Waals surface area contributed by atoms with Crippen LogP contribution in [0.5, 0.6) is 0 Å². The molecule has 0 spiro atoms. The number of rotatable bonds is 2. The van der Waals surface area contributed by atoms with E-state index >= 15 is 0 Å². The molecule has 3 atom stereocenters. The van der Waals surface area contributed by atoms with Gasteiger partial charge in [-0.05, 0) is 39.8 Å². The number of hydrogen-bond acceptors (Lipinski definition) is 3. The molecule has 0 amide bonds. The van der Waals surface area contributed by atoms with E-state index in [1.165, 1.54) is 39.1 Å². The minimum atomic E-state index is 0.722. The predicted octanol–water partition coefficient (Wildman–Crippen LogP) is 0.620. The highest BCUT2D eigenvalue weighted by Crippen LogP contribution is 2.18. The van der Waals surface area contributed by atoms with Gasteiger partial charge in [-0.3, -0.25) is 0 Å². The highest BCUT2D eigenvalue weighted by atomic mass is 15.3. The molecule has 0 aromatic heterocycles. The van der Waals surface area contributed by atoms with Crippen molar-refractivity contribution in [2.45, 2.75) is 32.4 Å². The SMILES string of the molecule is CC1NCCC1CN1CCN(C)C(C)C1. The smallest absolute Gasteiger partial charge is 0.0192 e. The van der Waals surface area contributed by atoms with Crippen LogP contribution in [0.2, 0.25) is 0 Å². The summed E-state index contributed by atoms with van der Waals surface area (Å²) >= 11 is 0.